The Morgan fingerprint density at radius 3 is 2.88 bits per heavy atom. The number of nitrogens with zero attached hydrogens (tertiary/aromatic N) is 2. The van der Waals surface area contributed by atoms with Crippen LogP contribution in [0.25, 0.3) is 21.7 Å². The molecule has 0 unspecified atom stereocenters. The van der Waals surface area contributed by atoms with Gasteiger partial charge in [-0.3, -0.25) is 0 Å². The molecular weight excluding hydrogens is 218 g/mol. The second-order valence-corrected chi connectivity index (χ2v) is 4.73. The first-order valence-electron chi connectivity index (χ1n) is 5.11. The van der Waals surface area contributed by atoms with Crippen molar-refractivity contribution in [3.8, 4) is 10.7 Å². The third-order valence-corrected chi connectivity index (χ3v) is 3.53. The lowest BCUT2D eigenvalue weighted by Gasteiger charge is -1.90. The number of hydrogen-bond donors (Lipinski definition) is 1. The molecule has 2 heterocycles. The highest BCUT2D eigenvalue weighted by Crippen LogP contribution is 2.26. The molecule has 0 fully saturated rings. The first-order valence-corrected chi connectivity index (χ1v) is 5.99. The molecule has 3 nitrogen and oxygen atoms in total. The number of benzene rings is 1. The van der Waals surface area contributed by atoms with Crippen molar-refractivity contribution in [3.05, 3.63) is 35.0 Å². The van der Waals surface area contributed by atoms with Crippen LogP contribution in [0, 0.1) is 13.8 Å². The number of imidazole rings is 1. The fourth-order valence-corrected chi connectivity index (χ4v) is 2.51. The average molecular weight is 229 g/mol. The van der Waals surface area contributed by atoms with Gasteiger partial charge in [-0.25, -0.2) is 9.97 Å². The highest BCUT2D eigenvalue weighted by Gasteiger charge is 2.09. The number of hydrogen-bond acceptors (Lipinski definition) is 3. The summed E-state index contributed by atoms with van der Waals surface area (Å²) in [5.41, 5.74) is 6.21. The summed E-state index contributed by atoms with van der Waals surface area (Å²) in [5, 5.41) is 0. The molecule has 0 aliphatic rings. The van der Waals surface area contributed by atoms with Crippen LogP contribution in [0.2, 0.25) is 0 Å². The Hall–Kier alpha value is -1.68. The number of aromatic amines is 1. The number of aryl methyl sites for hydroxylation is 2. The van der Waals surface area contributed by atoms with E-state index < -0.39 is 0 Å². The van der Waals surface area contributed by atoms with E-state index >= 15 is 0 Å². The minimum absolute atomic E-state index is 0.917. The van der Waals surface area contributed by atoms with Gasteiger partial charge in [-0.2, -0.15) is 0 Å². The van der Waals surface area contributed by atoms with Crippen LogP contribution in [-0.4, -0.2) is 15.0 Å². The number of H-pyrrole nitrogens is 1. The summed E-state index contributed by atoms with van der Waals surface area (Å²) in [6.07, 6.45) is 0. The SMILES string of the molecule is Cc1ccc2nc(-c3scnc3C)[nH]c2c1. The Bertz CT molecular complexity index is 651. The molecule has 0 saturated heterocycles. The number of fused-ring (bicyclic) bond motifs is 1. The van der Waals surface area contributed by atoms with Crippen molar-refractivity contribution < 1.29 is 0 Å². The van der Waals surface area contributed by atoms with Gasteiger partial charge in [-0.05, 0) is 31.5 Å². The second-order valence-electron chi connectivity index (χ2n) is 3.87. The molecule has 80 valence electrons. The minimum Gasteiger partial charge on any atom is -0.337 e. The molecular formula is C12H11N3S. The van der Waals surface area contributed by atoms with Gasteiger partial charge in [-0.1, -0.05) is 6.07 Å². The van der Waals surface area contributed by atoms with Crippen molar-refractivity contribution in [2.45, 2.75) is 13.8 Å². The van der Waals surface area contributed by atoms with Gasteiger partial charge in [0.25, 0.3) is 0 Å². The molecule has 1 aromatic carbocycles. The van der Waals surface area contributed by atoms with Crippen molar-refractivity contribution in [2.24, 2.45) is 0 Å². The molecule has 0 aliphatic carbocycles. The van der Waals surface area contributed by atoms with Crippen LogP contribution in [-0.2, 0) is 0 Å². The average Bonchev–Trinajstić information content (AvgIpc) is 2.82. The van der Waals surface area contributed by atoms with Gasteiger partial charge in [0.05, 0.1) is 27.1 Å². The molecule has 0 bridgehead atoms. The summed E-state index contributed by atoms with van der Waals surface area (Å²) in [6, 6.07) is 6.23. The van der Waals surface area contributed by atoms with Crippen LogP contribution in [0.15, 0.2) is 23.7 Å². The zero-order valence-corrected chi connectivity index (χ0v) is 9.93. The summed E-state index contributed by atoms with van der Waals surface area (Å²) in [5.74, 6) is 0.917. The van der Waals surface area contributed by atoms with Crippen molar-refractivity contribution in [1.82, 2.24) is 15.0 Å². The largest absolute Gasteiger partial charge is 0.337 e. The predicted octanol–water partition coefficient (Wildman–Crippen LogP) is 3.30. The molecule has 3 rings (SSSR count). The summed E-state index contributed by atoms with van der Waals surface area (Å²) in [4.78, 5) is 13.3. The molecule has 2 aromatic heterocycles. The normalized spacial score (nSPS) is 11.1. The number of rotatable bonds is 1. The molecule has 0 atom stereocenters. The van der Waals surface area contributed by atoms with E-state index in [1.165, 1.54) is 5.56 Å². The van der Waals surface area contributed by atoms with E-state index in [-0.39, 0.29) is 0 Å². The maximum Gasteiger partial charge on any atom is 0.150 e. The van der Waals surface area contributed by atoms with Crippen LogP contribution in [0.4, 0.5) is 0 Å². The zero-order chi connectivity index (χ0) is 11.1. The third kappa shape index (κ3) is 1.42. The smallest absolute Gasteiger partial charge is 0.150 e. The van der Waals surface area contributed by atoms with Crippen molar-refractivity contribution in [2.75, 3.05) is 0 Å². The molecule has 1 N–H and O–H groups in total. The van der Waals surface area contributed by atoms with E-state index in [0.717, 1.165) is 27.4 Å². The first kappa shape index (κ1) is 9.54. The van der Waals surface area contributed by atoms with Crippen LogP contribution >= 0.6 is 11.3 Å². The standard InChI is InChI=1S/C12H11N3S/c1-7-3-4-9-10(5-7)15-12(14-9)11-8(2)13-6-16-11/h3-6H,1-2H3,(H,14,15). The quantitative estimate of drug-likeness (QED) is 0.695. The molecule has 3 aromatic rings. The van der Waals surface area contributed by atoms with Gasteiger partial charge >= 0.3 is 0 Å². The van der Waals surface area contributed by atoms with Gasteiger partial charge < -0.3 is 4.98 Å². The lowest BCUT2D eigenvalue weighted by atomic mass is 10.2. The Morgan fingerprint density at radius 1 is 1.25 bits per heavy atom. The highest BCUT2D eigenvalue weighted by atomic mass is 32.1. The molecule has 0 amide bonds. The summed E-state index contributed by atoms with van der Waals surface area (Å²) in [6.45, 7) is 4.09. The Labute approximate surface area is 97.2 Å². The van der Waals surface area contributed by atoms with Gasteiger partial charge in [0, 0.05) is 0 Å². The topological polar surface area (TPSA) is 41.6 Å². The zero-order valence-electron chi connectivity index (χ0n) is 9.11. The summed E-state index contributed by atoms with van der Waals surface area (Å²) in [7, 11) is 0. The Morgan fingerprint density at radius 2 is 2.12 bits per heavy atom. The lowest BCUT2D eigenvalue weighted by molar-refractivity contribution is 1.24. The predicted molar refractivity (Wildman–Crippen MR) is 66.7 cm³/mol. The van der Waals surface area contributed by atoms with E-state index in [9.17, 15) is 0 Å². The van der Waals surface area contributed by atoms with E-state index in [1.807, 2.05) is 18.5 Å². The fourth-order valence-electron chi connectivity index (χ4n) is 1.76. The van der Waals surface area contributed by atoms with Gasteiger partial charge in [0.15, 0.2) is 5.82 Å². The van der Waals surface area contributed by atoms with E-state index in [0.29, 0.717) is 0 Å². The third-order valence-electron chi connectivity index (χ3n) is 2.60. The van der Waals surface area contributed by atoms with E-state index in [1.54, 1.807) is 11.3 Å². The fraction of sp³-hybridized carbons (Fsp3) is 0.167. The second kappa shape index (κ2) is 3.42. The number of nitrogens with one attached hydrogen (secondary N) is 1. The molecule has 16 heavy (non-hydrogen) atoms. The van der Waals surface area contributed by atoms with Crippen molar-refractivity contribution in [1.29, 1.82) is 0 Å². The number of aromatic nitrogens is 3. The Balaban J connectivity index is 2.23. The minimum atomic E-state index is 0.917. The van der Waals surface area contributed by atoms with Gasteiger partial charge in [0.1, 0.15) is 0 Å². The van der Waals surface area contributed by atoms with Gasteiger partial charge in [-0.15, -0.1) is 11.3 Å². The summed E-state index contributed by atoms with van der Waals surface area (Å²) < 4.78 is 0. The maximum absolute atomic E-state index is 4.57. The molecule has 0 saturated carbocycles. The van der Waals surface area contributed by atoms with Crippen LogP contribution < -0.4 is 0 Å². The molecule has 0 spiro atoms. The monoisotopic (exact) mass is 229 g/mol. The highest BCUT2D eigenvalue weighted by molar-refractivity contribution is 7.13. The maximum atomic E-state index is 4.57. The van der Waals surface area contributed by atoms with Crippen molar-refractivity contribution >= 4 is 22.4 Å². The van der Waals surface area contributed by atoms with Crippen LogP contribution in [0.3, 0.4) is 0 Å². The molecule has 4 heteroatoms. The van der Waals surface area contributed by atoms with Crippen LogP contribution in [0.5, 0.6) is 0 Å². The molecule has 0 radical (unpaired) electrons. The number of thiazole rings is 1. The summed E-state index contributed by atoms with van der Waals surface area (Å²) >= 11 is 1.62. The van der Waals surface area contributed by atoms with Gasteiger partial charge in [0.2, 0.25) is 0 Å². The van der Waals surface area contributed by atoms with Crippen LogP contribution in [0.1, 0.15) is 11.3 Å². The first-order chi connectivity index (χ1) is 7.74. The Kier molecular flexibility index (Phi) is 2.04. The van der Waals surface area contributed by atoms with E-state index in [4.69, 9.17) is 0 Å². The lowest BCUT2D eigenvalue weighted by Crippen LogP contribution is -1.79. The molecule has 0 aliphatic heterocycles. The van der Waals surface area contributed by atoms with Crippen molar-refractivity contribution in [3.63, 3.8) is 0 Å². The van der Waals surface area contributed by atoms with E-state index in [2.05, 4.69) is 34.0 Å².